The fraction of sp³-hybridized carbons (Fsp3) is 0.200. The maximum Gasteiger partial charge on any atom is 0.270 e. The summed E-state index contributed by atoms with van der Waals surface area (Å²) in [6, 6.07) is 10.2. The monoisotopic (exact) mass is 373 g/mol. The third-order valence-electron chi connectivity index (χ3n) is 5.07. The van der Waals surface area contributed by atoms with Gasteiger partial charge in [0.05, 0.1) is 35.7 Å². The lowest BCUT2D eigenvalue weighted by Crippen LogP contribution is -2.40. The van der Waals surface area contributed by atoms with Gasteiger partial charge in [-0.2, -0.15) is 5.10 Å². The third kappa shape index (κ3) is 2.98. The van der Waals surface area contributed by atoms with Crippen LogP contribution in [0, 0.1) is 0 Å². The van der Waals surface area contributed by atoms with E-state index in [0.29, 0.717) is 17.7 Å². The van der Waals surface area contributed by atoms with E-state index < -0.39 is 0 Å². The van der Waals surface area contributed by atoms with Crippen molar-refractivity contribution in [3.05, 3.63) is 66.8 Å². The normalized spacial score (nSPS) is 15.9. The van der Waals surface area contributed by atoms with Crippen molar-refractivity contribution in [2.45, 2.75) is 25.4 Å². The highest BCUT2D eigenvalue weighted by Crippen LogP contribution is 2.23. The molecule has 1 aromatic carbocycles. The van der Waals surface area contributed by atoms with Crippen molar-refractivity contribution in [1.29, 1.82) is 0 Å². The molecular weight excluding hydrogens is 354 g/mol. The summed E-state index contributed by atoms with van der Waals surface area (Å²) in [7, 11) is 0. The number of hydrogen-bond donors (Lipinski definition) is 3. The van der Waals surface area contributed by atoms with E-state index in [1.165, 1.54) is 0 Å². The fourth-order valence-corrected chi connectivity index (χ4v) is 3.62. The molecule has 1 amide bonds. The van der Waals surface area contributed by atoms with Crippen LogP contribution in [0.2, 0.25) is 0 Å². The van der Waals surface area contributed by atoms with Crippen molar-refractivity contribution in [2.75, 3.05) is 0 Å². The van der Waals surface area contributed by atoms with E-state index in [1.54, 1.807) is 18.7 Å². The molecule has 3 aromatic heterocycles. The predicted molar refractivity (Wildman–Crippen MR) is 103 cm³/mol. The van der Waals surface area contributed by atoms with Gasteiger partial charge in [-0.15, -0.1) is 0 Å². The quantitative estimate of drug-likeness (QED) is 0.511. The van der Waals surface area contributed by atoms with Crippen LogP contribution in [0.4, 0.5) is 0 Å². The van der Waals surface area contributed by atoms with Gasteiger partial charge in [0.1, 0.15) is 11.5 Å². The molecule has 0 saturated carbocycles. The SMILES string of the molecule is O=C(NC1CCn2cc(-c3ccccc3)nc2C1)c1[nH]ncc1-c1cnc[nH]1. The summed E-state index contributed by atoms with van der Waals surface area (Å²) in [6.07, 6.45) is 8.53. The predicted octanol–water partition coefficient (Wildman–Crippen LogP) is 2.41. The number of carbonyl (C=O) groups is 1. The van der Waals surface area contributed by atoms with Gasteiger partial charge in [-0.1, -0.05) is 30.3 Å². The van der Waals surface area contributed by atoms with E-state index in [9.17, 15) is 4.79 Å². The molecule has 0 bridgehead atoms. The van der Waals surface area contributed by atoms with E-state index in [0.717, 1.165) is 35.7 Å². The van der Waals surface area contributed by atoms with Crippen LogP contribution in [0.25, 0.3) is 22.5 Å². The minimum Gasteiger partial charge on any atom is -0.347 e. The first-order valence-corrected chi connectivity index (χ1v) is 9.22. The Labute approximate surface area is 161 Å². The van der Waals surface area contributed by atoms with Crippen LogP contribution in [-0.2, 0) is 13.0 Å². The molecule has 28 heavy (non-hydrogen) atoms. The maximum atomic E-state index is 12.8. The van der Waals surface area contributed by atoms with Crippen LogP contribution in [0.5, 0.6) is 0 Å². The van der Waals surface area contributed by atoms with Crippen LogP contribution in [-0.4, -0.2) is 41.7 Å². The first kappa shape index (κ1) is 16.5. The molecule has 1 aliphatic rings. The number of aromatic nitrogens is 6. The van der Waals surface area contributed by atoms with Gasteiger partial charge in [0.2, 0.25) is 0 Å². The lowest BCUT2D eigenvalue weighted by Gasteiger charge is -2.24. The van der Waals surface area contributed by atoms with Crippen LogP contribution in [0.15, 0.2) is 55.2 Å². The summed E-state index contributed by atoms with van der Waals surface area (Å²) in [5.41, 5.74) is 3.97. The van der Waals surface area contributed by atoms with Gasteiger partial charge in [0.15, 0.2) is 0 Å². The zero-order valence-corrected chi connectivity index (χ0v) is 15.1. The largest absolute Gasteiger partial charge is 0.347 e. The minimum atomic E-state index is -0.171. The van der Waals surface area contributed by atoms with E-state index in [-0.39, 0.29) is 11.9 Å². The van der Waals surface area contributed by atoms with Crippen molar-refractivity contribution in [2.24, 2.45) is 0 Å². The fourth-order valence-electron chi connectivity index (χ4n) is 3.62. The van der Waals surface area contributed by atoms with Crippen molar-refractivity contribution in [3.8, 4) is 22.5 Å². The number of fused-ring (bicyclic) bond motifs is 1. The molecule has 1 aliphatic heterocycles. The molecule has 5 rings (SSSR count). The molecule has 3 N–H and O–H groups in total. The Hall–Kier alpha value is -3.68. The number of hydrogen-bond acceptors (Lipinski definition) is 4. The summed E-state index contributed by atoms with van der Waals surface area (Å²) in [5, 5.41) is 9.93. The lowest BCUT2D eigenvalue weighted by atomic mass is 10.1. The van der Waals surface area contributed by atoms with Crippen molar-refractivity contribution in [1.82, 2.24) is 35.0 Å². The third-order valence-corrected chi connectivity index (χ3v) is 5.07. The van der Waals surface area contributed by atoms with Crippen LogP contribution >= 0.6 is 0 Å². The number of imidazole rings is 2. The van der Waals surface area contributed by atoms with Gasteiger partial charge >= 0.3 is 0 Å². The Balaban J connectivity index is 1.32. The molecule has 0 spiro atoms. The summed E-state index contributed by atoms with van der Waals surface area (Å²) in [4.78, 5) is 24.6. The number of benzene rings is 1. The zero-order valence-electron chi connectivity index (χ0n) is 15.1. The molecular formula is C20H19N7O. The standard InChI is InChI=1S/C20H19N7O/c28-20(19-15(9-23-26-19)16-10-21-12-22-16)24-14-6-7-27-11-17(25-18(27)8-14)13-4-2-1-3-5-13/h1-5,9-12,14H,6-8H2,(H,21,22)(H,23,26)(H,24,28). The molecule has 1 unspecified atom stereocenters. The van der Waals surface area contributed by atoms with Gasteiger partial charge in [0.25, 0.3) is 5.91 Å². The Kier molecular flexibility index (Phi) is 4.01. The van der Waals surface area contributed by atoms with Crippen molar-refractivity contribution in [3.63, 3.8) is 0 Å². The second kappa shape index (κ2) is 6.80. The number of carbonyl (C=O) groups excluding carboxylic acids is 1. The molecule has 1 atom stereocenters. The molecule has 4 heterocycles. The highest BCUT2D eigenvalue weighted by Gasteiger charge is 2.25. The van der Waals surface area contributed by atoms with Gasteiger partial charge in [0, 0.05) is 30.8 Å². The number of amides is 1. The number of aromatic amines is 2. The number of nitrogens with one attached hydrogen (secondary N) is 3. The molecule has 4 aromatic rings. The van der Waals surface area contributed by atoms with Crippen LogP contribution in [0.3, 0.4) is 0 Å². The first-order valence-electron chi connectivity index (χ1n) is 9.22. The Bertz CT molecular complexity index is 1100. The van der Waals surface area contributed by atoms with E-state index in [1.807, 2.05) is 18.2 Å². The summed E-state index contributed by atoms with van der Waals surface area (Å²) in [5.74, 6) is 0.823. The minimum absolute atomic E-state index is 0.0314. The van der Waals surface area contributed by atoms with Gasteiger partial charge < -0.3 is 14.9 Å². The topological polar surface area (TPSA) is 104 Å². The van der Waals surface area contributed by atoms with E-state index in [2.05, 4.69) is 48.4 Å². The van der Waals surface area contributed by atoms with Gasteiger partial charge in [-0.25, -0.2) is 9.97 Å². The molecule has 0 radical (unpaired) electrons. The second-order valence-corrected chi connectivity index (χ2v) is 6.89. The zero-order chi connectivity index (χ0) is 18.9. The van der Waals surface area contributed by atoms with Crippen molar-refractivity contribution < 1.29 is 4.79 Å². The Morgan fingerprint density at radius 3 is 2.93 bits per heavy atom. The smallest absolute Gasteiger partial charge is 0.270 e. The molecule has 0 aliphatic carbocycles. The summed E-state index contributed by atoms with van der Waals surface area (Å²) in [6.45, 7) is 0.830. The van der Waals surface area contributed by atoms with E-state index in [4.69, 9.17) is 4.98 Å². The van der Waals surface area contributed by atoms with Gasteiger partial charge in [-0.05, 0) is 6.42 Å². The molecule has 0 fully saturated rings. The second-order valence-electron chi connectivity index (χ2n) is 6.89. The highest BCUT2D eigenvalue weighted by molar-refractivity contribution is 5.98. The van der Waals surface area contributed by atoms with Crippen LogP contribution < -0.4 is 5.32 Å². The molecule has 8 nitrogen and oxygen atoms in total. The number of aryl methyl sites for hydroxylation is 1. The molecule has 0 saturated heterocycles. The summed E-state index contributed by atoms with van der Waals surface area (Å²) < 4.78 is 2.18. The average Bonchev–Trinajstić information content (AvgIpc) is 3.47. The molecule has 140 valence electrons. The van der Waals surface area contributed by atoms with Crippen LogP contribution in [0.1, 0.15) is 22.7 Å². The van der Waals surface area contributed by atoms with Crippen molar-refractivity contribution >= 4 is 5.91 Å². The lowest BCUT2D eigenvalue weighted by molar-refractivity contribution is 0.0926. The highest BCUT2D eigenvalue weighted by atomic mass is 16.2. The molecule has 8 heteroatoms. The Morgan fingerprint density at radius 1 is 1.21 bits per heavy atom. The van der Waals surface area contributed by atoms with E-state index >= 15 is 0 Å². The Morgan fingerprint density at radius 2 is 2.11 bits per heavy atom. The number of nitrogens with zero attached hydrogens (tertiary/aromatic N) is 4. The van der Waals surface area contributed by atoms with Gasteiger partial charge in [-0.3, -0.25) is 9.89 Å². The average molecular weight is 373 g/mol. The number of H-pyrrole nitrogens is 2. The number of rotatable bonds is 4. The first-order chi connectivity index (χ1) is 13.8. The summed E-state index contributed by atoms with van der Waals surface area (Å²) >= 11 is 0. The maximum absolute atomic E-state index is 12.8.